The lowest BCUT2D eigenvalue weighted by Gasteiger charge is -2.07. The standard InChI is InChI=1S/C14H18OSi/c1-16(2,3)10-9-14(12-15)11-13-7-5-4-6-8-13/h4-12H,1-3H3/b10-9+,14-11+. The third-order valence-corrected chi connectivity index (χ3v) is 3.21. The molecule has 84 valence electrons. The molecule has 0 aromatic heterocycles. The van der Waals surface area contributed by atoms with Crippen molar-refractivity contribution in [2.24, 2.45) is 0 Å². The van der Waals surface area contributed by atoms with Gasteiger partial charge in [0.2, 0.25) is 0 Å². The summed E-state index contributed by atoms with van der Waals surface area (Å²) in [7, 11) is -1.23. The van der Waals surface area contributed by atoms with Crippen LogP contribution >= 0.6 is 0 Å². The predicted molar refractivity (Wildman–Crippen MR) is 73.0 cm³/mol. The summed E-state index contributed by atoms with van der Waals surface area (Å²) in [5.41, 5.74) is 3.97. The Balaban J connectivity index is 2.88. The third kappa shape index (κ3) is 4.89. The highest BCUT2D eigenvalue weighted by molar-refractivity contribution is 6.81. The van der Waals surface area contributed by atoms with Crippen molar-refractivity contribution < 1.29 is 4.79 Å². The Bertz CT molecular complexity index is 396. The van der Waals surface area contributed by atoms with Crippen LogP contribution in [0, 0.1) is 0 Å². The Kier molecular flexibility index (Phi) is 4.44. The van der Waals surface area contributed by atoms with Crippen LogP contribution in [-0.4, -0.2) is 14.4 Å². The molecule has 0 spiro atoms. The van der Waals surface area contributed by atoms with Gasteiger partial charge >= 0.3 is 0 Å². The van der Waals surface area contributed by atoms with Crippen LogP contribution in [0.2, 0.25) is 19.6 Å². The van der Waals surface area contributed by atoms with Gasteiger partial charge in [-0.05, 0) is 11.6 Å². The van der Waals surface area contributed by atoms with Crippen LogP contribution in [0.1, 0.15) is 5.56 Å². The average molecular weight is 230 g/mol. The SMILES string of the molecule is C[Si](C)(C)/C=C/C(C=O)=C\c1ccccc1. The van der Waals surface area contributed by atoms with E-state index in [-0.39, 0.29) is 0 Å². The molecule has 0 radical (unpaired) electrons. The first-order chi connectivity index (χ1) is 7.51. The fraction of sp³-hybridized carbons (Fsp3) is 0.214. The molecule has 0 fully saturated rings. The summed E-state index contributed by atoms with van der Waals surface area (Å²) in [6.07, 6.45) is 4.75. The summed E-state index contributed by atoms with van der Waals surface area (Å²) in [4.78, 5) is 10.9. The number of carbonyl (C=O) groups excluding carboxylic acids is 1. The zero-order valence-corrected chi connectivity index (χ0v) is 11.1. The van der Waals surface area contributed by atoms with Crippen molar-refractivity contribution in [2.75, 3.05) is 0 Å². The van der Waals surface area contributed by atoms with Crippen molar-refractivity contribution in [2.45, 2.75) is 19.6 Å². The first kappa shape index (κ1) is 12.7. The molecule has 0 aliphatic carbocycles. The van der Waals surface area contributed by atoms with E-state index in [1.54, 1.807) is 0 Å². The molecule has 0 N–H and O–H groups in total. The molecule has 16 heavy (non-hydrogen) atoms. The van der Waals surface area contributed by atoms with Gasteiger partial charge in [-0.25, -0.2) is 0 Å². The van der Waals surface area contributed by atoms with Gasteiger partial charge in [0.15, 0.2) is 0 Å². The van der Waals surface area contributed by atoms with Crippen LogP contribution < -0.4 is 0 Å². The first-order valence-electron chi connectivity index (χ1n) is 5.42. The van der Waals surface area contributed by atoms with Gasteiger partial charge in [-0.3, -0.25) is 4.79 Å². The number of hydrogen-bond acceptors (Lipinski definition) is 1. The van der Waals surface area contributed by atoms with E-state index in [0.29, 0.717) is 0 Å². The lowest BCUT2D eigenvalue weighted by Crippen LogP contribution is -2.15. The van der Waals surface area contributed by atoms with Gasteiger partial charge in [-0.15, -0.1) is 0 Å². The van der Waals surface area contributed by atoms with Crippen LogP contribution in [0.15, 0.2) is 47.7 Å². The summed E-state index contributed by atoms with van der Waals surface area (Å²) < 4.78 is 0. The zero-order valence-electron chi connectivity index (χ0n) is 10.1. The topological polar surface area (TPSA) is 17.1 Å². The molecular weight excluding hydrogens is 212 g/mol. The molecule has 1 aromatic rings. The Morgan fingerprint density at radius 1 is 1.12 bits per heavy atom. The maximum absolute atomic E-state index is 10.9. The van der Waals surface area contributed by atoms with E-state index >= 15 is 0 Å². The predicted octanol–water partition coefficient (Wildman–Crippen LogP) is 3.70. The van der Waals surface area contributed by atoms with Gasteiger partial charge < -0.3 is 0 Å². The maximum atomic E-state index is 10.9. The van der Waals surface area contributed by atoms with E-state index < -0.39 is 8.07 Å². The van der Waals surface area contributed by atoms with Crippen LogP contribution in [-0.2, 0) is 4.79 Å². The van der Waals surface area contributed by atoms with Gasteiger partial charge in [0.05, 0.1) is 8.07 Å². The molecular formula is C14H18OSi. The summed E-state index contributed by atoms with van der Waals surface area (Å²) in [6, 6.07) is 9.89. The molecule has 1 aromatic carbocycles. The highest BCUT2D eigenvalue weighted by atomic mass is 28.3. The number of aldehydes is 1. The molecule has 1 rings (SSSR count). The van der Waals surface area contributed by atoms with Crippen molar-refractivity contribution in [3.8, 4) is 0 Å². The fourth-order valence-electron chi connectivity index (χ4n) is 1.21. The largest absolute Gasteiger partial charge is 0.298 e. The molecule has 0 bridgehead atoms. The summed E-state index contributed by atoms with van der Waals surface area (Å²) in [6.45, 7) is 6.73. The van der Waals surface area contributed by atoms with Crippen LogP contribution in [0.5, 0.6) is 0 Å². The van der Waals surface area contributed by atoms with Crippen molar-refractivity contribution in [3.05, 3.63) is 53.2 Å². The Hall–Kier alpha value is -1.41. The van der Waals surface area contributed by atoms with E-state index in [2.05, 4.69) is 25.3 Å². The quantitative estimate of drug-likeness (QED) is 0.333. The molecule has 0 saturated carbocycles. The van der Waals surface area contributed by atoms with Crippen molar-refractivity contribution >= 4 is 20.4 Å². The first-order valence-corrected chi connectivity index (χ1v) is 9.00. The van der Waals surface area contributed by atoms with E-state index in [1.807, 2.05) is 42.5 Å². The molecule has 2 heteroatoms. The normalized spacial score (nSPS) is 13.1. The summed E-state index contributed by atoms with van der Waals surface area (Å²) in [5.74, 6) is 0. The monoisotopic (exact) mass is 230 g/mol. The van der Waals surface area contributed by atoms with Crippen molar-refractivity contribution in [1.82, 2.24) is 0 Å². The highest BCUT2D eigenvalue weighted by Crippen LogP contribution is 2.09. The van der Waals surface area contributed by atoms with E-state index in [0.717, 1.165) is 17.4 Å². The maximum Gasteiger partial charge on any atom is 0.150 e. The molecule has 0 unspecified atom stereocenters. The number of carbonyl (C=O) groups is 1. The second kappa shape index (κ2) is 5.61. The second-order valence-electron chi connectivity index (χ2n) is 4.87. The number of hydrogen-bond donors (Lipinski definition) is 0. The minimum absolute atomic E-state index is 0.730. The molecule has 0 saturated heterocycles. The van der Waals surface area contributed by atoms with E-state index in [9.17, 15) is 4.79 Å². The fourth-order valence-corrected chi connectivity index (χ4v) is 1.90. The zero-order chi connectivity index (χ0) is 12.0. The van der Waals surface area contributed by atoms with Crippen LogP contribution in [0.4, 0.5) is 0 Å². The van der Waals surface area contributed by atoms with Gasteiger partial charge in [0.25, 0.3) is 0 Å². The molecule has 0 aliphatic rings. The number of rotatable bonds is 4. The summed E-state index contributed by atoms with van der Waals surface area (Å²) >= 11 is 0. The number of benzene rings is 1. The van der Waals surface area contributed by atoms with Crippen molar-refractivity contribution in [1.29, 1.82) is 0 Å². The lowest BCUT2D eigenvalue weighted by atomic mass is 10.1. The van der Waals surface area contributed by atoms with Crippen LogP contribution in [0.25, 0.3) is 6.08 Å². The minimum atomic E-state index is -1.23. The Labute approximate surface area is 98.5 Å². The molecule has 0 amide bonds. The Morgan fingerprint density at radius 3 is 2.25 bits per heavy atom. The second-order valence-corrected chi connectivity index (χ2v) is 9.94. The summed E-state index contributed by atoms with van der Waals surface area (Å²) in [5, 5.41) is 0. The molecule has 0 aliphatic heterocycles. The van der Waals surface area contributed by atoms with Gasteiger partial charge in [-0.1, -0.05) is 61.7 Å². The lowest BCUT2D eigenvalue weighted by molar-refractivity contribution is -0.104. The third-order valence-electron chi connectivity index (χ3n) is 2.04. The average Bonchev–Trinajstić information content (AvgIpc) is 2.24. The van der Waals surface area contributed by atoms with E-state index in [1.165, 1.54) is 0 Å². The number of allylic oxidation sites excluding steroid dienone is 2. The van der Waals surface area contributed by atoms with Crippen LogP contribution in [0.3, 0.4) is 0 Å². The molecule has 0 heterocycles. The molecule has 0 atom stereocenters. The smallest absolute Gasteiger partial charge is 0.150 e. The van der Waals surface area contributed by atoms with Gasteiger partial charge in [-0.2, -0.15) is 0 Å². The minimum Gasteiger partial charge on any atom is -0.298 e. The Morgan fingerprint density at radius 2 is 1.75 bits per heavy atom. The van der Waals surface area contributed by atoms with Gasteiger partial charge in [0, 0.05) is 5.57 Å². The van der Waals surface area contributed by atoms with Gasteiger partial charge in [0.1, 0.15) is 6.29 Å². The van der Waals surface area contributed by atoms with Crippen molar-refractivity contribution in [3.63, 3.8) is 0 Å². The van der Waals surface area contributed by atoms with E-state index in [4.69, 9.17) is 0 Å². The highest BCUT2D eigenvalue weighted by Gasteiger charge is 2.06. The molecule has 1 nitrogen and oxygen atoms in total.